The number of carbonyl (C=O) groups is 1. The molecule has 0 unspecified atom stereocenters. The Kier molecular flexibility index (Phi) is 3.50. The molecule has 2 nitrogen and oxygen atoms in total. The van der Waals surface area contributed by atoms with E-state index in [0.717, 1.165) is 5.69 Å². The Labute approximate surface area is 99.1 Å². The summed E-state index contributed by atoms with van der Waals surface area (Å²) in [6.07, 6.45) is 0. The lowest BCUT2D eigenvalue weighted by Crippen LogP contribution is -2.15. The van der Waals surface area contributed by atoms with Crippen LogP contribution in [-0.2, 0) is 0 Å². The van der Waals surface area contributed by atoms with Gasteiger partial charge < -0.3 is 5.32 Å². The van der Waals surface area contributed by atoms with Crippen LogP contribution in [-0.4, -0.2) is 12.3 Å². The highest BCUT2D eigenvalue weighted by Crippen LogP contribution is 2.09. The number of ketones is 1. The van der Waals surface area contributed by atoms with Gasteiger partial charge in [-0.05, 0) is 24.3 Å². The average Bonchev–Trinajstić information content (AvgIpc) is 2.38. The van der Waals surface area contributed by atoms with E-state index in [4.69, 9.17) is 0 Å². The molecule has 0 atom stereocenters. The van der Waals surface area contributed by atoms with Gasteiger partial charge in [0.2, 0.25) is 0 Å². The minimum absolute atomic E-state index is 0.0882. The Morgan fingerprint density at radius 3 is 2.35 bits per heavy atom. The van der Waals surface area contributed by atoms with Gasteiger partial charge in [-0.3, -0.25) is 4.79 Å². The van der Waals surface area contributed by atoms with Gasteiger partial charge >= 0.3 is 0 Å². The first-order valence-electron chi connectivity index (χ1n) is 5.34. The third-order valence-electron chi connectivity index (χ3n) is 2.40. The van der Waals surface area contributed by atoms with E-state index in [9.17, 15) is 9.18 Å². The summed E-state index contributed by atoms with van der Waals surface area (Å²) in [6.45, 7) is 0.0882. The molecule has 3 heteroatoms. The lowest BCUT2D eigenvalue weighted by Gasteiger charge is -2.05. The largest absolute Gasteiger partial charge is 0.378 e. The Bertz CT molecular complexity index is 511. The van der Waals surface area contributed by atoms with Crippen LogP contribution in [0, 0.1) is 5.82 Å². The third kappa shape index (κ3) is 2.91. The van der Waals surface area contributed by atoms with Crippen molar-refractivity contribution in [3.8, 4) is 0 Å². The van der Waals surface area contributed by atoms with Gasteiger partial charge in [-0.15, -0.1) is 0 Å². The smallest absolute Gasteiger partial charge is 0.184 e. The van der Waals surface area contributed by atoms with Crippen molar-refractivity contribution >= 4 is 11.5 Å². The van der Waals surface area contributed by atoms with Gasteiger partial charge in [0.1, 0.15) is 5.82 Å². The number of para-hydroxylation sites is 1. The summed E-state index contributed by atoms with van der Waals surface area (Å²) < 4.78 is 13.3. The van der Waals surface area contributed by atoms with E-state index in [-0.39, 0.29) is 17.9 Å². The first kappa shape index (κ1) is 11.3. The molecule has 0 aromatic heterocycles. The number of halogens is 1. The Morgan fingerprint density at radius 1 is 1.00 bits per heavy atom. The fourth-order valence-electron chi connectivity index (χ4n) is 1.52. The topological polar surface area (TPSA) is 29.1 Å². The Balaban J connectivity index is 2.01. The summed E-state index contributed by atoms with van der Waals surface area (Å²) in [7, 11) is 0. The van der Waals surface area contributed by atoms with Crippen LogP contribution >= 0.6 is 0 Å². The fraction of sp³-hybridized carbons (Fsp3) is 0.0714. The van der Waals surface area contributed by atoms with E-state index in [1.807, 2.05) is 30.3 Å². The summed E-state index contributed by atoms with van der Waals surface area (Å²) >= 11 is 0. The van der Waals surface area contributed by atoms with E-state index < -0.39 is 5.82 Å². The second kappa shape index (κ2) is 5.25. The van der Waals surface area contributed by atoms with Gasteiger partial charge in [-0.1, -0.05) is 30.3 Å². The lowest BCUT2D eigenvalue weighted by atomic mass is 10.1. The Hall–Kier alpha value is -2.16. The molecular formula is C14H12FNO. The molecule has 2 aromatic carbocycles. The van der Waals surface area contributed by atoms with Crippen molar-refractivity contribution in [3.63, 3.8) is 0 Å². The third-order valence-corrected chi connectivity index (χ3v) is 2.40. The van der Waals surface area contributed by atoms with E-state index in [1.54, 1.807) is 12.1 Å². The average molecular weight is 229 g/mol. The monoisotopic (exact) mass is 229 g/mol. The Morgan fingerprint density at radius 2 is 1.65 bits per heavy atom. The second-order valence-electron chi connectivity index (χ2n) is 3.62. The molecule has 2 rings (SSSR count). The maximum absolute atomic E-state index is 13.3. The molecule has 0 aliphatic carbocycles. The SMILES string of the molecule is O=C(CNc1ccccc1)c1ccccc1F. The molecule has 0 heterocycles. The van der Waals surface area contributed by atoms with Gasteiger partial charge in [0, 0.05) is 5.69 Å². The molecule has 2 aromatic rings. The van der Waals surface area contributed by atoms with Crippen molar-refractivity contribution in [3.05, 3.63) is 66.0 Å². The van der Waals surface area contributed by atoms with E-state index >= 15 is 0 Å². The molecule has 0 aliphatic rings. The first-order chi connectivity index (χ1) is 8.27. The summed E-state index contributed by atoms with van der Waals surface area (Å²) in [5, 5.41) is 2.95. The molecule has 0 saturated carbocycles. The first-order valence-corrected chi connectivity index (χ1v) is 5.34. The zero-order valence-electron chi connectivity index (χ0n) is 9.19. The van der Waals surface area contributed by atoms with Gasteiger partial charge in [0.05, 0.1) is 12.1 Å². The van der Waals surface area contributed by atoms with Crippen molar-refractivity contribution in [1.82, 2.24) is 0 Å². The summed E-state index contributed by atoms with van der Waals surface area (Å²) in [6, 6.07) is 15.3. The molecule has 0 fully saturated rings. The molecule has 0 saturated heterocycles. The summed E-state index contributed by atoms with van der Waals surface area (Å²) in [5.41, 5.74) is 0.966. The number of carbonyl (C=O) groups excluding carboxylic acids is 1. The van der Waals surface area contributed by atoms with Crippen LogP contribution in [0.2, 0.25) is 0 Å². The highest BCUT2D eigenvalue weighted by Gasteiger charge is 2.09. The summed E-state index contributed by atoms with van der Waals surface area (Å²) in [5.74, 6) is -0.737. The molecule has 17 heavy (non-hydrogen) atoms. The fourth-order valence-corrected chi connectivity index (χ4v) is 1.52. The number of nitrogens with one attached hydrogen (secondary N) is 1. The molecule has 86 valence electrons. The van der Waals surface area contributed by atoms with Gasteiger partial charge in [-0.2, -0.15) is 0 Å². The van der Waals surface area contributed by atoms with Gasteiger partial charge in [0.25, 0.3) is 0 Å². The van der Waals surface area contributed by atoms with Gasteiger partial charge in [0.15, 0.2) is 5.78 Å². The number of hydrogen-bond acceptors (Lipinski definition) is 2. The predicted octanol–water partition coefficient (Wildman–Crippen LogP) is 3.12. The molecule has 0 radical (unpaired) electrons. The van der Waals surface area contributed by atoms with Crippen molar-refractivity contribution < 1.29 is 9.18 Å². The standard InChI is InChI=1S/C14H12FNO/c15-13-9-5-4-8-12(13)14(17)10-16-11-6-2-1-3-7-11/h1-9,16H,10H2. The van der Waals surface area contributed by atoms with Gasteiger partial charge in [-0.25, -0.2) is 4.39 Å². The van der Waals surface area contributed by atoms with E-state index in [0.29, 0.717) is 0 Å². The highest BCUT2D eigenvalue weighted by molar-refractivity contribution is 5.99. The minimum atomic E-state index is -0.479. The van der Waals surface area contributed by atoms with Crippen molar-refractivity contribution in [2.45, 2.75) is 0 Å². The van der Waals surface area contributed by atoms with Crippen LogP contribution in [0.5, 0.6) is 0 Å². The zero-order valence-corrected chi connectivity index (χ0v) is 9.19. The molecular weight excluding hydrogens is 217 g/mol. The maximum Gasteiger partial charge on any atom is 0.184 e. The number of anilines is 1. The molecule has 0 amide bonds. The minimum Gasteiger partial charge on any atom is -0.378 e. The zero-order chi connectivity index (χ0) is 12.1. The summed E-state index contributed by atoms with van der Waals surface area (Å²) in [4.78, 5) is 11.7. The van der Waals surface area contributed by atoms with Crippen molar-refractivity contribution in [2.75, 3.05) is 11.9 Å². The number of benzene rings is 2. The van der Waals surface area contributed by atoms with Crippen LogP contribution < -0.4 is 5.32 Å². The maximum atomic E-state index is 13.3. The second-order valence-corrected chi connectivity index (χ2v) is 3.62. The number of rotatable bonds is 4. The molecule has 0 aliphatic heterocycles. The number of hydrogen-bond donors (Lipinski definition) is 1. The van der Waals surface area contributed by atoms with Crippen LogP contribution in [0.15, 0.2) is 54.6 Å². The van der Waals surface area contributed by atoms with Crippen LogP contribution in [0.25, 0.3) is 0 Å². The molecule has 0 bridgehead atoms. The van der Waals surface area contributed by atoms with Crippen LogP contribution in [0.1, 0.15) is 10.4 Å². The quantitative estimate of drug-likeness (QED) is 0.816. The van der Waals surface area contributed by atoms with E-state index in [1.165, 1.54) is 12.1 Å². The van der Waals surface area contributed by atoms with Crippen LogP contribution in [0.4, 0.5) is 10.1 Å². The van der Waals surface area contributed by atoms with Crippen LogP contribution in [0.3, 0.4) is 0 Å². The molecule has 0 spiro atoms. The van der Waals surface area contributed by atoms with Crippen molar-refractivity contribution in [2.24, 2.45) is 0 Å². The normalized spacial score (nSPS) is 9.94. The van der Waals surface area contributed by atoms with E-state index in [2.05, 4.69) is 5.32 Å². The molecule has 1 N–H and O–H groups in total. The predicted molar refractivity (Wildman–Crippen MR) is 65.7 cm³/mol. The highest BCUT2D eigenvalue weighted by atomic mass is 19.1. The lowest BCUT2D eigenvalue weighted by molar-refractivity contribution is 0.100. The number of Topliss-reactive ketones (excluding diaryl/α,β-unsaturated/α-hetero) is 1. The van der Waals surface area contributed by atoms with Crippen molar-refractivity contribution in [1.29, 1.82) is 0 Å².